The van der Waals surface area contributed by atoms with Gasteiger partial charge >= 0.3 is 0 Å². The third-order valence-electron chi connectivity index (χ3n) is 2.70. The minimum Gasteiger partial charge on any atom is -0.280 e. The van der Waals surface area contributed by atoms with Gasteiger partial charge in [0.05, 0.1) is 16.5 Å². The van der Waals surface area contributed by atoms with Crippen LogP contribution in [0.25, 0.3) is 0 Å². The van der Waals surface area contributed by atoms with Crippen molar-refractivity contribution in [1.29, 1.82) is 5.26 Å². The van der Waals surface area contributed by atoms with Gasteiger partial charge in [0.25, 0.3) is 10.0 Å². The Morgan fingerprint density at radius 3 is 2.60 bits per heavy atom. The van der Waals surface area contributed by atoms with Gasteiger partial charge in [0.15, 0.2) is 0 Å². The highest BCUT2D eigenvalue weighted by Crippen LogP contribution is 2.23. The fraction of sp³-hybridized carbons (Fsp3) is 0.0714. The van der Waals surface area contributed by atoms with Gasteiger partial charge in [0, 0.05) is 10.2 Å². The second-order valence-corrected chi connectivity index (χ2v) is 6.75. The molecule has 6 heteroatoms. The molecule has 0 aliphatic carbocycles. The predicted octanol–water partition coefficient (Wildman–Crippen LogP) is 3.43. The fourth-order valence-electron chi connectivity index (χ4n) is 1.60. The quantitative estimate of drug-likeness (QED) is 0.921. The maximum atomic E-state index is 12.2. The molecule has 102 valence electrons. The average Bonchev–Trinajstić information content (AvgIpc) is 2.43. The number of benzene rings is 2. The SMILES string of the molecule is Cc1ccc(NS(=O)(=O)c2cccc(C#N)c2)cc1Br. The fourth-order valence-corrected chi connectivity index (χ4v) is 3.08. The number of anilines is 1. The van der Waals surface area contributed by atoms with Crippen molar-refractivity contribution in [3.63, 3.8) is 0 Å². The Morgan fingerprint density at radius 1 is 1.20 bits per heavy atom. The van der Waals surface area contributed by atoms with E-state index < -0.39 is 10.0 Å². The topological polar surface area (TPSA) is 70.0 Å². The van der Waals surface area contributed by atoms with E-state index in [-0.39, 0.29) is 4.90 Å². The molecule has 4 nitrogen and oxygen atoms in total. The van der Waals surface area contributed by atoms with E-state index in [1.165, 1.54) is 18.2 Å². The number of nitriles is 1. The summed E-state index contributed by atoms with van der Waals surface area (Å²) in [6.45, 7) is 1.92. The number of halogens is 1. The van der Waals surface area contributed by atoms with Crippen LogP contribution in [0.3, 0.4) is 0 Å². The molecule has 0 saturated heterocycles. The Hall–Kier alpha value is -1.84. The summed E-state index contributed by atoms with van der Waals surface area (Å²) in [5, 5.41) is 8.81. The minimum atomic E-state index is -3.70. The lowest BCUT2D eigenvalue weighted by Crippen LogP contribution is -2.13. The molecule has 0 fully saturated rings. The molecule has 2 aromatic carbocycles. The smallest absolute Gasteiger partial charge is 0.261 e. The van der Waals surface area contributed by atoms with Gasteiger partial charge < -0.3 is 0 Å². The molecule has 20 heavy (non-hydrogen) atoms. The van der Waals surface area contributed by atoms with E-state index in [9.17, 15) is 8.42 Å². The van der Waals surface area contributed by atoms with E-state index in [4.69, 9.17) is 5.26 Å². The molecule has 0 amide bonds. The molecule has 0 bridgehead atoms. The Bertz CT molecular complexity index is 795. The van der Waals surface area contributed by atoms with Crippen LogP contribution in [0.1, 0.15) is 11.1 Å². The first-order valence-electron chi connectivity index (χ1n) is 5.71. The van der Waals surface area contributed by atoms with Crippen LogP contribution in [0.5, 0.6) is 0 Å². The van der Waals surface area contributed by atoms with Gasteiger partial charge in [-0.15, -0.1) is 0 Å². The number of aryl methyl sites for hydroxylation is 1. The largest absolute Gasteiger partial charge is 0.280 e. The molecule has 0 heterocycles. The molecular weight excluding hydrogens is 340 g/mol. The van der Waals surface area contributed by atoms with Crippen molar-refractivity contribution in [2.45, 2.75) is 11.8 Å². The van der Waals surface area contributed by atoms with Crippen LogP contribution in [0.4, 0.5) is 5.69 Å². The second-order valence-electron chi connectivity index (χ2n) is 4.21. The molecule has 0 saturated carbocycles. The summed E-state index contributed by atoms with van der Waals surface area (Å²) in [4.78, 5) is 0.0632. The Kier molecular flexibility index (Phi) is 4.12. The molecule has 1 N–H and O–H groups in total. The number of nitrogens with zero attached hydrogens (tertiary/aromatic N) is 1. The lowest BCUT2D eigenvalue weighted by molar-refractivity contribution is 0.601. The van der Waals surface area contributed by atoms with Gasteiger partial charge in [-0.25, -0.2) is 8.42 Å². The number of rotatable bonds is 3. The van der Waals surface area contributed by atoms with Crippen molar-refractivity contribution >= 4 is 31.6 Å². The van der Waals surface area contributed by atoms with Gasteiger partial charge in [-0.05, 0) is 42.8 Å². The Morgan fingerprint density at radius 2 is 1.95 bits per heavy atom. The molecule has 2 aromatic rings. The summed E-state index contributed by atoms with van der Waals surface area (Å²) < 4.78 is 27.8. The Balaban J connectivity index is 2.35. The van der Waals surface area contributed by atoms with Crippen molar-refractivity contribution in [3.8, 4) is 6.07 Å². The molecule has 0 aromatic heterocycles. The maximum absolute atomic E-state index is 12.2. The van der Waals surface area contributed by atoms with Crippen LogP contribution in [-0.2, 0) is 10.0 Å². The first-order valence-corrected chi connectivity index (χ1v) is 7.99. The van der Waals surface area contributed by atoms with Gasteiger partial charge in [0.1, 0.15) is 0 Å². The van der Waals surface area contributed by atoms with Crippen molar-refractivity contribution < 1.29 is 8.42 Å². The molecular formula is C14H11BrN2O2S. The van der Waals surface area contributed by atoms with E-state index in [0.29, 0.717) is 11.3 Å². The zero-order valence-electron chi connectivity index (χ0n) is 10.6. The standard InChI is InChI=1S/C14H11BrN2O2S/c1-10-5-6-12(8-14(10)15)17-20(18,19)13-4-2-3-11(7-13)9-16/h2-8,17H,1H3. The van der Waals surface area contributed by atoms with Crippen LogP contribution in [-0.4, -0.2) is 8.42 Å². The van der Waals surface area contributed by atoms with Crippen LogP contribution < -0.4 is 4.72 Å². The van der Waals surface area contributed by atoms with E-state index >= 15 is 0 Å². The summed E-state index contributed by atoms with van der Waals surface area (Å²) in [5.74, 6) is 0. The van der Waals surface area contributed by atoms with E-state index in [1.54, 1.807) is 18.2 Å². The average molecular weight is 351 g/mol. The zero-order chi connectivity index (χ0) is 14.8. The van der Waals surface area contributed by atoms with Crippen molar-refractivity contribution in [3.05, 3.63) is 58.1 Å². The lowest BCUT2D eigenvalue weighted by atomic mass is 10.2. The third-order valence-corrected chi connectivity index (χ3v) is 4.93. The molecule has 2 rings (SSSR count). The predicted molar refractivity (Wildman–Crippen MR) is 80.8 cm³/mol. The molecule has 0 atom stereocenters. The third kappa shape index (κ3) is 3.18. The lowest BCUT2D eigenvalue weighted by Gasteiger charge is -2.09. The van der Waals surface area contributed by atoms with Gasteiger partial charge in [-0.1, -0.05) is 28.1 Å². The molecule has 0 aliphatic rings. The number of hydrogen-bond acceptors (Lipinski definition) is 3. The summed E-state index contributed by atoms with van der Waals surface area (Å²) >= 11 is 3.35. The maximum Gasteiger partial charge on any atom is 0.261 e. The zero-order valence-corrected chi connectivity index (χ0v) is 13.0. The molecule has 0 spiro atoms. The van der Waals surface area contributed by atoms with Crippen LogP contribution in [0.15, 0.2) is 51.8 Å². The van der Waals surface area contributed by atoms with E-state index in [1.807, 2.05) is 19.1 Å². The van der Waals surface area contributed by atoms with Crippen LogP contribution in [0, 0.1) is 18.3 Å². The molecule has 0 aliphatic heterocycles. The highest BCUT2D eigenvalue weighted by Gasteiger charge is 2.15. The van der Waals surface area contributed by atoms with Gasteiger partial charge in [0.2, 0.25) is 0 Å². The minimum absolute atomic E-state index is 0.0632. The number of hydrogen-bond donors (Lipinski definition) is 1. The molecule has 0 radical (unpaired) electrons. The first-order chi connectivity index (χ1) is 9.42. The second kappa shape index (κ2) is 5.65. The highest BCUT2D eigenvalue weighted by molar-refractivity contribution is 9.10. The van der Waals surface area contributed by atoms with E-state index in [2.05, 4.69) is 20.7 Å². The van der Waals surface area contributed by atoms with Gasteiger partial charge in [-0.3, -0.25) is 4.72 Å². The van der Waals surface area contributed by atoms with Crippen molar-refractivity contribution in [1.82, 2.24) is 0 Å². The summed E-state index contributed by atoms with van der Waals surface area (Å²) in [7, 11) is -3.70. The first kappa shape index (κ1) is 14.6. The van der Waals surface area contributed by atoms with Crippen molar-refractivity contribution in [2.75, 3.05) is 4.72 Å². The number of nitrogens with one attached hydrogen (secondary N) is 1. The van der Waals surface area contributed by atoms with Gasteiger partial charge in [-0.2, -0.15) is 5.26 Å². The normalized spacial score (nSPS) is 10.8. The molecule has 0 unspecified atom stereocenters. The monoisotopic (exact) mass is 350 g/mol. The number of sulfonamides is 1. The van der Waals surface area contributed by atoms with Crippen molar-refractivity contribution in [2.24, 2.45) is 0 Å². The Labute approximate surface area is 126 Å². The summed E-state index contributed by atoms with van der Waals surface area (Å²) in [6, 6.07) is 13.0. The highest BCUT2D eigenvalue weighted by atomic mass is 79.9. The summed E-state index contributed by atoms with van der Waals surface area (Å²) in [6.07, 6.45) is 0. The van der Waals surface area contributed by atoms with Crippen LogP contribution in [0.2, 0.25) is 0 Å². The van der Waals surface area contributed by atoms with E-state index in [0.717, 1.165) is 10.0 Å². The summed E-state index contributed by atoms with van der Waals surface area (Å²) in [5.41, 5.74) is 1.78. The van der Waals surface area contributed by atoms with Crippen LogP contribution >= 0.6 is 15.9 Å².